The van der Waals surface area contributed by atoms with Gasteiger partial charge in [-0.3, -0.25) is 4.99 Å². The fraction of sp³-hybridized carbons (Fsp3) is 0.367. The third kappa shape index (κ3) is 5.48. The molecule has 2 aromatic carbocycles. The van der Waals surface area contributed by atoms with Crippen LogP contribution < -0.4 is 5.73 Å². The highest BCUT2D eigenvalue weighted by Gasteiger charge is 2.28. The van der Waals surface area contributed by atoms with Crippen molar-refractivity contribution in [1.29, 1.82) is 0 Å². The van der Waals surface area contributed by atoms with Crippen LogP contribution in [-0.4, -0.2) is 6.21 Å². The number of anilines is 1. The van der Waals surface area contributed by atoms with Gasteiger partial charge in [0, 0.05) is 22.9 Å². The lowest BCUT2D eigenvalue weighted by atomic mass is 9.72. The number of nitrogens with two attached hydrogens (primary N) is 1. The second-order valence-electron chi connectivity index (χ2n) is 10.2. The maximum atomic E-state index is 6.35. The summed E-state index contributed by atoms with van der Waals surface area (Å²) in [5, 5.41) is 0. The molecule has 0 aliphatic heterocycles. The summed E-state index contributed by atoms with van der Waals surface area (Å²) in [7, 11) is 0. The SMILES string of the molecule is C=Cc1ccc(C(CCC)N=Cc2cc(C3(C)C=CC(C(C)(C)C)=CC3)ccc2N)cc1. The molecule has 2 nitrogen and oxygen atoms in total. The molecule has 2 unspecified atom stereocenters. The minimum atomic E-state index is -0.0334. The van der Waals surface area contributed by atoms with Gasteiger partial charge in [-0.15, -0.1) is 0 Å². The van der Waals surface area contributed by atoms with Crippen molar-refractivity contribution in [2.24, 2.45) is 10.4 Å². The fourth-order valence-corrected chi connectivity index (χ4v) is 4.17. The molecule has 1 aliphatic rings. The van der Waals surface area contributed by atoms with E-state index < -0.39 is 0 Å². The van der Waals surface area contributed by atoms with E-state index in [4.69, 9.17) is 10.7 Å². The molecule has 2 N–H and O–H groups in total. The van der Waals surface area contributed by atoms with E-state index in [2.05, 4.69) is 95.8 Å². The number of aliphatic imine (C=N–C) groups is 1. The first-order valence-corrected chi connectivity index (χ1v) is 11.7. The Morgan fingerprint density at radius 3 is 2.44 bits per heavy atom. The molecule has 1 aliphatic carbocycles. The van der Waals surface area contributed by atoms with Crippen molar-refractivity contribution >= 4 is 18.0 Å². The van der Waals surface area contributed by atoms with Gasteiger partial charge in [0.15, 0.2) is 0 Å². The zero-order valence-corrected chi connectivity index (χ0v) is 20.4. The van der Waals surface area contributed by atoms with E-state index in [1.165, 1.54) is 16.7 Å². The molecule has 2 aromatic rings. The molecule has 0 radical (unpaired) electrons. The zero-order valence-electron chi connectivity index (χ0n) is 20.4. The molecule has 0 aromatic heterocycles. The van der Waals surface area contributed by atoms with Gasteiger partial charge in [-0.2, -0.15) is 0 Å². The van der Waals surface area contributed by atoms with Crippen molar-refractivity contribution < 1.29 is 0 Å². The van der Waals surface area contributed by atoms with E-state index in [1.807, 2.05) is 18.4 Å². The van der Waals surface area contributed by atoms with E-state index in [9.17, 15) is 0 Å². The molecular formula is C30H38N2. The van der Waals surface area contributed by atoms with Crippen LogP contribution in [0.15, 0.2) is 77.8 Å². The van der Waals surface area contributed by atoms with Gasteiger partial charge in [-0.25, -0.2) is 0 Å². The standard InChI is InChI=1S/C30H38N2/c1-7-9-28(23-12-10-22(8-2)11-13-23)32-21-24-20-26(14-15-27(24)31)30(6)18-16-25(17-19-30)29(3,4)5/h8,10-18,20-21,28H,2,7,9,19,31H2,1,3-6H3. The first-order chi connectivity index (χ1) is 15.2. The van der Waals surface area contributed by atoms with Crippen molar-refractivity contribution in [3.63, 3.8) is 0 Å². The monoisotopic (exact) mass is 426 g/mol. The maximum Gasteiger partial charge on any atom is 0.0749 e. The summed E-state index contributed by atoms with van der Waals surface area (Å²) in [4.78, 5) is 4.96. The summed E-state index contributed by atoms with van der Waals surface area (Å²) in [6.07, 6.45) is 13.9. The molecule has 168 valence electrons. The van der Waals surface area contributed by atoms with Crippen LogP contribution in [0.4, 0.5) is 5.69 Å². The minimum Gasteiger partial charge on any atom is -0.398 e. The second kappa shape index (κ2) is 9.73. The lowest BCUT2D eigenvalue weighted by molar-refractivity contribution is 0.497. The van der Waals surface area contributed by atoms with E-state index in [1.54, 1.807) is 0 Å². The Morgan fingerprint density at radius 2 is 1.88 bits per heavy atom. The number of hydrogen-bond acceptors (Lipinski definition) is 2. The summed E-state index contributed by atoms with van der Waals surface area (Å²) in [5.74, 6) is 0. The molecule has 0 amide bonds. The van der Waals surface area contributed by atoms with Crippen molar-refractivity contribution in [3.05, 3.63) is 95.1 Å². The number of benzene rings is 2. The lowest BCUT2D eigenvalue weighted by Crippen LogP contribution is -2.23. The van der Waals surface area contributed by atoms with E-state index in [0.717, 1.165) is 36.1 Å². The van der Waals surface area contributed by atoms with Gasteiger partial charge >= 0.3 is 0 Å². The third-order valence-corrected chi connectivity index (χ3v) is 6.50. The van der Waals surface area contributed by atoms with Gasteiger partial charge in [0.05, 0.1) is 6.04 Å². The van der Waals surface area contributed by atoms with Crippen LogP contribution in [0.25, 0.3) is 6.08 Å². The third-order valence-electron chi connectivity index (χ3n) is 6.50. The van der Waals surface area contributed by atoms with Gasteiger partial charge in [0.1, 0.15) is 0 Å². The number of rotatable bonds is 7. The average molecular weight is 427 g/mol. The number of allylic oxidation sites excluding steroid dienone is 4. The molecule has 2 heteroatoms. The number of hydrogen-bond donors (Lipinski definition) is 1. The molecule has 0 saturated heterocycles. The van der Waals surface area contributed by atoms with E-state index in [-0.39, 0.29) is 16.9 Å². The van der Waals surface area contributed by atoms with Crippen molar-refractivity contribution in [3.8, 4) is 0 Å². The summed E-state index contributed by atoms with van der Waals surface area (Å²) in [6.45, 7) is 15.1. The molecule has 0 heterocycles. The zero-order chi connectivity index (χ0) is 23.4. The predicted octanol–water partition coefficient (Wildman–Crippen LogP) is 8.06. The molecule has 32 heavy (non-hydrogen) atoms. The molecule has 0 fully saturated rings. The number of nitrogen functional groups attached to an aromatic ring is 1. The molecular weight excluding hydrogens is 388 g/mol. The second-order valence-corrected chi connectivity index (χ2v) is 10.2. The molecule has 2 atom stereocenters. The Labute approximate surface area is 194 Å². The molecule has 0 bridgehead atoms. The topological polar surface area (TPSA) is 38.4 Å². The van der Waals surface area contributed by atoms with Crippen LogP contribution >= 0.6 is 0 Å². The van der Waals surface area contributed by atoms with Crippen molar-refractivity contribution in [2.45, 2.75) is 65.3 Å². The Hall–Kier alpha value is -2.87. The Balaban J connectivity index is 1.86. The number of nitrogens with zero attached hydrogens (tertiary/aromatic N) is 1. The largest absolute Gasteiger partial charge is 0.398 e. The van der Waals surface area contributed by atoms with Crippen molar-refractivity contribution in [2.75, 3.05) is 5.73 Å². The average Bonchev–Trinajstić information content (AvgIpc) is 2.77. The highest BCUT2D eigenvalue weighted by atomic mass is 14.8. The molecule has 0 saturated carbocycles. The van der Waals surface area contributed by atoms with E-state index >= 15 is 0 Å². The molecule has 0 spiro atoms. The van der Waals surface area contributed by atoms with Crippen LogP contribution in [0.2, 0.25) is 0 Å². The fourth-order valence-electron chi connectivity index (χ4n) is 4.17. The van der Waals surface area contributed by atoms with E-state index in [0.29, 0.717) is 0 Å². The van der Waals surface area contributed by atoms with Gasteiger partial charge in [-0.05, 0) is 52.7 Å². The lowest BCUT2D eigenvalue weighted by Gasteiger charge is -2.32. The summed E-state index contributed by atoms with van der Waals surface area (Å²) < 4.78 is 0. The Kier molecular flexibility index (Phi) is 7.23. The van der Waals surface area contributed by atoms with Gasteiger partial charge in [0.2, 0.25) is 0 Å². The smallest absolute Gasteiger partial charge is 0.0749 e. The van der Waals surface area contributed by atoms with Crippen LogP contribution in [-0.2, 0) is 5.41 Å². The minimum absolute atomic E-state index is 0.0334. The summed E-state index contributed by atoms with van der Waals surface area (Å²) in [6, 6.07) is 15.0. The van der Waals surface area contributed by atoms with Gasteiger partial charge < -0.3 is 5.73 Å². The van der Waals surface area contributed by atoms with Gasteiger partial charge in [-0.1, -0.05) is 102 Å². The van der Waals surface area contributed by atoms with Crippen LogP contribution in [0.1, 0.15) is 82.2 Å². The highest BCUT2D eigenvalue weighted by molar-refractivity contribution is 5.87. The maximum absolute atomic E-state index is 6.35. The first kappa shape index (κ1) is 23.8. The highest BCUT2D eigenvalue weighted by Crippen LogP contribution is 2.39. The van der Waals surface area contributed by atoms with Crippen LogP contribution in [0, 0.1) is 5.41 Å². The predicted molar refractivity (Wildman–Crippen MR) is 141 cm³/mol. The first-order valence-electron chi connectivity index (χ1n) is 11.7. The normalized spacial score (nSPS) is 19.7. The summed E-state index contributed by atoms with van der Waals surface area (Å²) in [5.41, 5.74) is 13.3. The Bertz CT molecular complexity index is 1030. The quantitative estimate of drug-likeness (QED) is 0.353. The molecule has 3 rings (SSSR count). The van der Waals surface area contributed by atoms with Gasteiger partial charge in [0.25, 0.3) is 0 Å². The van der Waals surface area contributed by atoms with Crippen molar-refractivity contribution in [1.82, 2.24) is 0 Å². The summed E-state index contributed by atoms with van der Waals surface area (Å²) >= 11 is 0. The van der Waals surface area contributed by atoms with Crippen LogP contribution in [0.5, 0.6) is 0 Å². The Morgan fingerprint density at radius 1 is 1.16 bits per heavy atom. The van der Waals surface area contributed by atoms with Crippen LogP contribution in [0.3, 0.4) is 0 Å².